The van der Waals surface area contributed by atoms with Gasteiger partial charge in [0.1, 0.15) is 12.1 Å². The number of nitrogens with one attached hydrogen (secondary N) is 1. The average molecular weight is 411 g/mol. The van der Waals surface area contributed by atoms with E-state index in [-0.39, 0.29) is 12.1 Å². The smallest absolute Gasteiger partial charge is 0.410 e. The van der Waals surface area contributed by atoms with Crippen LogP contribution in [0.5, 0.6) is 0 Å². The number of likely N-dealkylation sites (tertiary alicyclic amines) is 1. The van der Waals surface area contributed by atoms with Gasteiger partial charge in [-0.3, -0.25) is 0 Å². The molecule has 1 amide bonds. The number of anilines is 1. The molecule has 0 saturated carbocycles. The SMILES string of the molecule is Cc1cc2c(NC3CCN(C(=O)OC(C)(C)C)CC3)cccc2n1CC(F)(F)F. The van der Waals surface area contributed by atoms with Gasteiger partial charge in [0.2, 0.25) is 0 Å². The largest absolute Gasteiger partial charge is 0.444 e. The molecule has 160 valence electrons. The summed E-state index contributed by atoms with van der Waals surface area (Å²) >= 11 is 0. The minimum Gasteiger partial charge on any atom is -0.444 e. The number of fused-ring (bicyclic) bond motifs is 1. The lowest BCUT2D eigenvalue weighted by Gasteiger charge is -2.34. The number of rotatable bonds is 3. The summed E-state index contributed by atoms with van der Waals surface area (Å²) in [4.78, 5) is 13.9. The summed E-state index contributed by atoms with van der Waals surface area (Å²) in [5, 5.41) is 4.24. The van der Waals surface area contributed by atoms with Crippen molar-refractivity contribution in [1.29, 1.82) is 0 Å². The maximum Gasteiger partial charge on any atom is 0.410 e. The molecule has 0 radical (unpaired) electrons. The van der Waals surface area contributed by atoms with Gasteiger partial charge in [0.15, 0.2) is 0 Å². The zero-order chi connectivity index (χ0) is 21.4. The number of aryl methyl sites for hydroxylation is 1. The Kier molecular flexibility index (Phi) is 5.74. The summed E-state index contributed by atoms with van der Waals surface area (Å²) in [6.07, 6.45) is -3.08. The van der Waals surface area contributed by atoms with E-state index in [0.717, 1.165) is 23.9 Å². The Labute approximate surface area is 168 Å². The molecule has 1 N–H and O–H groups in total. The van der Waals surface area contributed by atoms with Gasteiger partial charge in [-0.05, 0) is 58.7 Å². The van der Waals surface area contributed by atoms with Gasteiger partial charge < -0.3 is 19.5 Å². The first-order valence-corrected chi connectivity index (χ1v) is 9.83. The zero-order valence-corrected chi connectivity index (χ0v) is 17.3. The van der Waals surface area contributed by atoms with Crippen molar-refractivity contribution >= 4 is 22.7 Å². The molecule has 0 aliphatic carbocycles. The molecule has 1 aromatic carbocycles. The Balaban J connectivity index is 1.69. The van der Waals surface area contributed by atoms with Gasteiger partial charge in [-0.1, -0.05) is 6.07 Å². The molecule has 8 heteroatoms. The fourth-order valence-electron chi connectivity index (χ4n) is 3.68. The first kappa shape index (κ1) is 21.3. The predicted octanol–water partition coefficient (Wildman–Crippen LogP) is 5.32. The molecule has 1 saturated heterocycles. The molecule has 3 rings (SSSR count). The third-order valence-electron chi connectivity index (χ3n) is 5.00. The first-order chi connectivity index (χ1) is 13.4. The van der Waals surface area contributed by atoms with Crippen LogP contribution in [0.15, 0.2) is 24.3 Å². The fourth-order valence-corrected chi connectivity index (χ4v) is 3.68. The Morgan fingerprint density at radius 2 is 1.86 bits per heavy atom. The maximum atomic E-state index is 12.9. The van der Waals surface area contributed by atoms with Crippen LogP contribution in [0.1, 0.15) is 39.3 Å². The molecule has 0 bridgehead atoms. The number of halogens is 3. The van der Waals surface area contributed by atoms with E-state index in [1.807, 2.05) is 26.8 Å². The van der Waals surface area contributed by atoms with Gasteiger partial charge in [0.25, 0.3) is 0 Å². The molecular formula is C21H28F3N3O2. The van der Waals surface area contributed by atoms with Crippen LogP contribution < -0.4 is 5.32 Å². The molecule has 0 atom stereocenters. The standard InChI is InChI=1S/C21H28F3N3O2/c1-14-12-16-17(6-5-7-18(16)27(14)13-21(22,23)24)25-15-8-10-26(11-9-15)19(28)29-20(2,3)4/h5-7,12,15,25H,8-11,13H2,1-4H3. The lowest BCUT2D eigenvalue weighted by Crippen LogP contribution is -2.44. The van der Waals surface area contributed by atoms with E-state index in [4.69, 9.17) is 4.74 Å². The number of benzene rings is 1. The van der Waals surface area contributed by atoms with E-state index in [2.05, 4.69) is 5.32 Å². The second-order valence-corrected chi connectivity index (χ2v) is 8.61. The Morgan fingerprint density at radius 3 is 2.45 bits per heavy atom. The van der Waals surface area contributed by atoms with Crippen molar-refractivity contribution in [2.75, 3.05) is 18.4 Å². The van der Waals surface area contributed by atoms with E-state index >= 15 is 0 Å². The number of hydrogen-bond acceptors (Lipinski definition) is 3. The summed E-state index contributed by atoms with van der Waals surface area (Å²) in [5.74, 6) is 0. The number of piperidine rings is 1. The van der Waals surface area contributed by atoms with Crippen molar-refractivity contribution in [3.05, 3.63) is 30.0 Å². The van der Waals surface area contributed by atoms with Gasteiger partial charge in [-0.2, -0.15) is 13.2 Å². The topological polar surface area (TPSA) is 46.5 Å². The van der Waals surface area contributed by atoms with Crippen LogP contribution in [0, 0.1) is 6.92 Å². The van der Waals surface area contributed by atoms with E-state index < -0.39 is 18.3 Å². The van der Waals surface area contributed by atoms with Crippen molar-refractivity contribution in [2.24, 2.45) is 0 Å². The Hall–Kier alpha value is -2.38. The molecule has 1 aromatic heterocycles. The number of hydrogen-bond donors (Lipinski definition) is 1. The summed E-state index contributed by atoms with van der Waals surface area (Å²) in [5.41, 5.74) is 1.44. The zero-order valence-electron chi connectivity index (χ0n) is 17.3. The normalized spacial score (nSPS) is 16.3. The number of alkyl halides is 3. The molecular weight excluding hydrogens is 383 g/mol. The Morgan fingerprint density at radius 1 is 1.21 bits per heavy atom. The lowest BCUT2D eigenvalue weighted by atomic mass is 10.0. The van der Waals surface area contributed by atoms with Crippen LogP contribution in [-0.4, -0.2) is 46.5 Å². The average Bonchev–Trinajstić information content (AvgIpc) is 2.89. The van der Waals surface area contributed by atoms with Gasteiger partial charge in [-0.15, -0.1) is 0 Å². The van der Waals surface area contributed by atoms with E-state index in [1.165, 1.54) is 4.57 Å². The van der Waals surface area contributed by atoms with E-state index in [9.17, 15) is 18.0 Å². The molecule has 5 nitrogen and oxygen atoms in total. The van der Waals surface area contributed by atoms with E-state index in [0.29, 0.717) is 24.3 Å². The monoisotopic (exact) mass is 411 g/mol. The lowest BCUT2D eigenvalue weighted by molar-refractivity contribution is -0.140. The number of carbonyl (C=O) groups is 1. The highest BCUT2D eigenvalue weighted by atomic mass is 19.4. The van der Waals surface area contributed by atoms with Crippen LogP contribution in [0.25, 0.3) is 10.9 Å². The molecule has 29 heavy (non-hydrogen) atoms. The quantitative estimate of drug-likeness (QED) is 0.743. The predicted molar refractivity (Wildman–Crippen MR) is 107 cm³/mol. The van der Waals surface area contributed by atoms with Crippen LogP contribution in [0.4, 0.5) is 23.7 Å². The summed E-state index contributed by atoms with van der Waals surface area (Å²) in [6.45, 7) is 7.37. The second kappa shape index (κ2) is 7.80. The summed E-state index contributed by atoms with van der Waals surface area (Å²) < 4.78 is 45.5. The van der Waals surface area contributed by atoms with Crippen molar-refractivity contribution in [3.63, 3.8) is 0 Å². The van der Waals surface area contributed by atoms with Gasteiger partial charge in [0.05, 0.1) is 5.52 Å². The van der Waals surface area contributed by atoms with Crippen LogP contribution in [-0.2, 0) is 11.3 Å². The Bertz CT molecular complexity index is 876. The van der Waals surface area contributed by atoms with E-state index in [1.54, 1.807) is 30.0 Å². The maximum absolute atomic E-state index is 12.9. The number of nitrogens with zero attached hydrogens (tertiary/aromatic N) is 2. The fraction of sp³-hybridized carbons (Fsp3) is 0.571. The first-order valence-electron chi connectivity index (χ1n) is 9.83. The molecule has 2 aromatic rings. The van der Waals surface area contributed by atoms with Gasteiger partial charge >= 0.3 is 12.3 Å². The number of amides is 1. The molecule has 1 aliphatic heterocycles. The highest BCUT2D eigenvalue weighted by molar-refractivity contribution is 5.93. The van der Waals surface area contributed by atoms with Crippen molar-refractivity contribution < 1.29 is 22.7 Å². The van der Waals surface area contributed by atoms with Crippen molar-refractivity contribution in [3.8, 4) is 0 Å². The highest BCUT2D eigenvalue weighted by Gasteiger charge is 2.30. The van der Waals surface area contributed by atoms with Gasteiger partial charge in [-0.25, -0.2) is 4.79 Å². The van der Waals surface area contributed by atoms with Crippen LogP contribution >= 0.6 is 0 Å². The van der Waals surface area contributed by atoms with Gasteiger partial charge in [0, 0.05) is 35.9 Å². The summed E-state index contributed by atoms with van der Waals surface area (Å²) in [6, 6.07) is 7.31. The second-order valence-electron chi connectivity index (χ2n) is 8.61. The van der Waals surface area contributed by atoms with Crippen molar-refractivity contribution in [1.82, 2.24) is 9.47 Å². The molecule has 0 spiro atoms. The minimum absolute atomic E-state index is 0.144. The highest BCUT2D eigenvalue weighted by Crippen LogP contribution is 2.31. The molecule has 1 aliphatic rings. The molecule has 1 fully saturated rings. The third kappa shape index (κ3) is 5.36. The summed E-state index contributed by atoms with van der Waals surface area (Å²) in [7, 11) is 0. The van der Waals surface area contributed by atoms with Crippen LogP contribution in [0.2, 0.25) is 0 Å². The third-order valence-corrected chi connectivity index (χ3v) is 5.00. The number of ether oxygens (including phenoxy) is 1. The molecule has 2 heterocycles. The molecule has 0 unspecified atom stereocenters. The number of aromatic nitrogens is 1. The van der Waals surface area contributed by atoms with Crippen LogP contribution in [0.3, 0.4) is 0 Å². The number of carbonyl (C=O) groups excluding carboxylic acids is 1. The van der Waals surface area contributed by atoms with Crippen molar-refractivity contribution in [2.45, 2.75) is 64.9 Å². The minimum atomic E-state index is -4.27.